The number of hydrogen-bond donors (Lipinski definition) is 1. The molecule has 4 nitrogen and oxygen atoms in total. The molecule has 1 aliphatic heterocycles. The normalized spacial score (nSPS) is 17.1. The van der Waals surface area contributed by atoms with Gasteiger partial charge in [-0.05, 0) is 31.5 Å². The third-order valence-electron chi connectivity index (χ3n) is 3.30. The number of nitrogens with one attached hydrogen (secondary N) is 1. The van der Waals surface area contributed by atoms with Gasteiger partial charge in [-0.2, -0.15) is 4.98 Å². The van der Waals surface area contributed by atoms with Crippen LogP contribution in [0.2, 0.25) is 5.02 Å². The highest BCUT2D eigenvalue weighted by atomic mass is 35.5. The topological polar surface area (TPSA) is 41.3 Å². The van der Waals surface area contributed by atoms with E-state index >= 15 is 0 Å². The highest BCUT2D eigenvalue weighted by molar-refractivity contribution is 6.34. The first kappa shape index (κ1) is 11.8. The summed E-state index contributed by atoms with van der Waals surface area (Å²) < 4.78 is 5.83. The molecule has 3 rings (SSSR count). The van der Waals surface area contributed by atoms with Crippen LogP contribution in [0.3, 0.4) is 0 Å². The fraction of sp³-hybridized carbons (Fsp3) is 0.462. The van der Waals surface area contributed by atoms with Crippen LogP contribution in [0.25, 0.3) is 11.1 Å². The number of anilines is 1. The maximum absolute atomic E-state index is 6.15. The van der Waals surface area contributed by atoms with E-state index in [2.05, 4.69) is 15.2 Å². The molecule has 1 saturated heterocycles. The standard InChI is InChI=1S/C13H16ClN3O/c1-9-3-4-10(14)12-11(9)16-13(18-12)17-7-2-5-15-6-8-17/h3-4,15H,2,5-8H2,1H3. The fourth-order valence-electron chi connectivity index (χ4n) is 2.26. The van der Waals surface area contributed by atoms with Crippen LogP contribution in [0.5, 0.6) is 0 Å². The molecule has 0 radical (unpaired) electrons. The van der Waals surface area contributed by atoms with Crippen molar-refractivity contribution in [2.75, 3.05) is 31.1 Å². The lowest BCUT2D eigenvalue weighted by atomic mass is 10.2. The molecule has 0 bridgehead atoms. The Bertz CT molecular complexity index is 520. The molecule has 96 valence electrons. The molecule has 0 aliphatic carbocycles. The van der Waals surface area contributed by atoms with Gasteiger partial charge in [0, 0.05) is 19.6 Å². The van der Waals surface area contributed by atoms with Crippen molar-refractivity contribution in [3.05, 3.63) is 22.7 Å². The number of oxazole rings is 1. The summed E-state index contributed by atoms with van der Waals surface area (Å²) in [7, 11) is 0. The van der Waals surface area contributed by atoms with Gasteiger partial charge >= 0.3 is 0 Å². The molecule has 18 heavy (non-hydrogen) atoms. The first-order chi connectivity index (χ1) is 8.75. The minimum atomic E-state index is 0.627. The van der Waals surface area contributed by atoms with E-state index in [4.69, 9.17) is 16.0 Å². The number of fused-ring (bicyclic) bond motifs is 1. The zero-order valence-electron chi connectivity index (χ0n) is 10.4. The van der Waals surface area contributed by atoms with Gasteiger partial charge in [-0.25, -0.2) is 0 Å². The van der Waals surface area contributed by atoms with E-state index in [1.165, 1.54) is 0 Å². The van der Waals surface area contributed by atoms with Crippen LogP contribution in [0.15, 0.2) is 16.5 Å². The van der Waals surface area contributed by atoms with Crippen molar-refractivity contribution < 1.29 is 4.42 Å². The van der Waals surface area contributed by atoms with Gasteiger partial charge in [0.05, 0.1) is 5.02 Å². The predicted octanol–water partition coefficient (Wildman–Crippen LogP) is 2.59. The van der Waals surface area contributed by atoms with E-state index in [-0.39, 0.29) is 0 Å². The second kappa shape index (κ2) is 4.78. The maximum Gasteiger partial charge on any atom is 0.298 e. The summed E-state index contributed by atoms with van der Waals surface area (Å²) >= 11 is 6.15. The van der Waals surface area contributed by atoms with Gasteiger partial charge in [0.1, 0.15) is 5.52 Å². The highest BCUT2D eigenvalue weighted by Crippen LogP contribution is 2.30. The quantitative estimate of drug-likeness (QED) is 0.861. The lowest BCUT2D eigenvalue weighted by Gasteiger charge is -2.16. The number of hydrogen-bond acceptors (Lipinski definition) is 4. The van der Waals surface area contributed by atoms with Crippen molar-refractivity contribution in [2.24, 2.45) is 0 Å². The number of rotatable bonds is 1. The Kier molecular flexibility index (Phi) is 3.14. The largest absolute Gasteiger partial charge is 0.422 e. The van der Waals surface area contributed by atoms with E-state index in [1.54, 1.807) is 0 Å². The number of benzene rings is 1. The van der Waals surface area contributed by atoms with Gasteiger partial charge in [0.15, 0.2) is 5.58 Å². The average Bonchev–Trinajstić information content (AvgIpc) is 2.65. The van der Waals surface area contributed by atoms with E-state index in [1.807, 2.05) is 19.1 Å². The summed E-state index contributed by atoms with van der Waals surface area (Å²) in [6, 6.07) is 4.52. The molecule has 1 N–H and O–H groups in total. The molecule has 1 aromatic heterocycles. The fourth-order valence-corrected chi connectivity index (χ4v) is 2.45. The van der Waals surface area contributed by atoms with E-state index in [9.17, 15) is 0 Å². The second-order valence-electron chi connectivity index (χ2n) is 4.63. The van der Waals surface area contributed by atoms with E-state index in [0.717, 1.165) is 43.7 Å². The van der Waals surface area contributed by atoms with Crippen molar-refractivity contribution in [2.45, 2.75) is 13.3 Å². The lowest BCUT2D eigenvalue weighted by Crippen LogP contribution is -2.27. The van der Waals surface area contributed by atoms with Gasteiger partial charge in [-0.1, -0.05) is 17.7 Å². The Balaban J connectivity index is 2.02. The second-order valence-corrected chi connectivity index (χ2v) is 5.04. The zero-order chi connectivity index (χ0) is 12.5. The number of aryl methyl sites for hydroxylation is 1. The molecule has 5 heteroatoms. The maximum atomic E-state index is 6.15. The summed E-state index contributed by atoms with van der Waals surface area (Å²) in [5, 5.41) is 3.99. The SMILES string of the molecule is Cc1ccc(Cl)c2oc(N3CCCNCC3)nc12. The zero-order valence-corrected chi connectivity index (χ0v) is 11.1. The van der Waals surface area contributed by atoms with Crippen molar-refractivity contribution in [1.29, 1.82) is 0 Å². The van der Waals surface area contributed by atoms with Crippen LogP contribution >= 0.6 is 11.6 Å². The Morgan fingerprint density at radius 1 is 1.33 bits per heavy atom. The smallest absolute Gasteiger partial charge is 0.298 e. The number of nitrogens with zero attached hydrogens (tertiary/aromatic N) is 2. The highest BCUT2D eigenvalue weighted by Gasteiger charge is 2.17. The van der Waals surface area contributed by atoms with Gasteiger partial charge in [0.2, 0.25) is 0 Å². The summed E-state index contributed by atoms with van der Waals surface area (Å²) in [6.45, 7) is 5.93. The van der Waals surface area contributed by atoms with Crippen LogP contribution < -0.4 is 10.2 Å². The van der Waals surface area contributed by atoms with Gasteiger partial charge in [-0.3, -0.25) is 0 Å². The van der Waals surface area contributed by atoms with Crippen molar-refractivity contribution in [1.82, 2.24) is 10.3 Å². The van der Waals surface area contributed by atoms with Crippen LogP contribution in [0.4, 0.5) is 6.01 Å². The van der Waals surface area contributed by atoms with Crippen LogP contribution in [-0.4, -0.2) is 31.2 Å². The number of halogens is 1. The van der Waals surface area contributed by atoms with Crippen LogP contribution in [-0.2, 0) is 0 Å². The Morgan fingerprint density at radius 3 is 3.06 bits per heavy atom. The van der Waals surface area contributed by atoms with Gasteiger partial charge in [-0.15, -0.1) is 0 Å². The molecule has 0 atom stereocenters. The van der Waals surface area contributed by atoms with Crippen molar-refractivity contribution >= 4 is 28.7 Å². The van der Waals surface area contributed by atoms with Gasteiger partial charge < -0.3 is 14.6 Å². The minimum absolute atomic E-state index is 0.627. The third kappa shape index (κ3) is 2.06. The summed E-state index contributed by atoms with van der Waals surface area (Å²) in [5.41, 5.74) is 2.66. The molecule has 1 aliphatic rings. The average molecular weight is 266 g/mol. The van der Waals surface area contributed by atoms with Crippen molar-refractivity contribution in [3.63, 3.8) is 0 Å². The molecule has 2 heterocycles. The Hall–Kier alpha value is -1.26. The lowest BCUT2D eigenvalue weighted by molar-refractivity contribution is 0.571. The molecule has 0 saturated carbocycles. The first-order valence-corrected chi connectivity index (χ1v) is 6.65. The minimum Gasteiger partial charge on any atom is -0.422 e. The molecule has 2 aromatic rings. The van der Waals surface area contributed by atoms with E-state index in [0.29, 0.717) is 16.6 Å². The van der Waals surface area contributed by atoms with Crippen LogP contribution in [0.1, 0.15) is 12.0 Å². The molecular weight excluding hydrogens is 250 g/mol. The van der Waals surface area contributed by atoms with Gasteiger partial charge in [0.25, 0.3) is 6.01 Å². The van der Waals surface area contributed by atoms with Crippen LogP contribution in [0, 0.1) is 6.92 Å². The predicted molar refractivity (Wildman–Crippen MR) is 73.5 cm³/mol. The molecule has 0 amide bonds. The molecule has 0 unspecified atom stereocenters. The Morgan fingerprint density at radius 2 is 2.22 bits per heavy atom. The third-order valence-corrected chi connectivity index (χ3v) is 3.59. The summed E-state index contributed by atoms with van der Waals surface area (Å²) in [5.74, 6) is 0. The monoisotopic (exact) mass is 265 g/mol. The number of aromatic nitrogens is 1. The van der Waals surface area contributed by atoms with E-state index < -0.39 is 0 Å². The molecular formula is C13H16ClN3O. The summed E-state index contributed by atoms with van der Waals surface area (Å²) in [6.07, 6.45) is 1.10. The molecule has 0 spiro atoms. The molecule has 1 fully saturated rings. The first-order valence-electron chi connectivity index (χ1n) is 6.27. The van der Waals surface area contributed by atoms with Crippen molar-refractivity contribution in [3.8, 4) is 0 Å². The Labute approximate surface area is 111 Å². The summed E-state index contributed by atoms with van der Waals surface area (Å²) in [4.78, 5) is 6.76. The molecule has 1 aromatic carbocycles.